The Hall–Kier alpha value is -0.860. The molecule has 118 valence electrons. The van der Waals surface area contributed by atoms with Gasteiger partial charge in [0, 0.05) is 25.7 Å². The molecule has 2 rings (SSSR count). The molecule has 0 heterocycles. The van der Waals surface area contributed by atoms with E-state index in [4.69, 9.17) is 0 Å². The maximum absolute atomic E-state index is 3.52. The summed E-state index contributed by atoms with van der Waals surface area (Å²) < 4.78 is 0. The molecule has 0 radical (unpaired) electrons. The van der Waals surface area contributed by atoms with Crippen molar-refractivity contribution in [3.8, 4) is 0 Å². The molecular weight excluding hydrogens is 256 g/mol. The van der Waals surface area contributed by atoms with E-state index in [2.05, 4.69) is 62.3 Å². The normalized spacial score (nSPS) is 17.2. The van der Waals surface area contributed by atoms with Crippen molar-refractivity contribution in [1.29, 1.82) is 0 Å². The molecule has 0 spiro atoms. The summed E-state index contributed by atoms with van der Waals surface area (Å²) in [6.07, 6.45) is 4.31. The lowest BCUT2D eigenvalue weighted by atomic mass is 9.85. The Kier molecular flexibility index (Phi) is 6.25. The molecule has 2 heteroatoms. The second kappa shape index (κ2) is 7.95. The molecule has 1 aromatic carbocycles. The lowest BCUT2D eigenvalue weighted by molar-refractivity contribution is 0.200. The van der Waals surface area contributed by atoms with Gasteiger partial charge in [-0.05, 0) is 42.9 Å². The van der Waals surface area contributed by atoms with Crippen LogP contribution in [0.15, 0.2) is 24.3 Å². The van der Waals surface area contributed by atoms with Gasteiger partial charge in [0.15, 0.2) is 0 Å². The van der Waals surface area contributed by atoms with Crippen LogP contribution in [-0.4, -0.2) is 31.1 Å². The number of benzene rings is 1. The molecule has 0 bridgehead atoms. The Morgan fingerprint density at radius 1 is 1.14 bits per heavy atom. The smallest absolute Gasteiger partial charge is 0.0230 e. The van der Waals surface area contributed by atoms with Gasteiger partial charge in [-0.2, -0.15) is 0 Å². The van der Waals surface area contributed by atoms with E-state index >= 15 is 0 Å². The van der Waals surface area contributed by atoms with Crippen molar-refractivity contribution in [1.82, 2.24) is 10.2 Å². The summed E-state index contributed by atoms with van der Waals surface area (Å²) in [6, 6.07) is 9.78. The third kappa shape index (κ3) is 5.44. The first kappa shape index (κ1) is 16.5. The standard InChI is InChI=1S/C19H32N2/c1-15(2)20-12-16(3)19-10-8-18(9-11-19)14-21(4)13-17-6-5-7-17/h8-11,15-17,20H,5-7,12-14H2,1-4H3. The quantitative estimate of drug-likeness (QED) is 0.777. The number of nitrogens with zero attached hydrogens (tertiary/aromatic N) is 1. The minimum absolute atomic E-state index is 0.562. The molecule has 1 aliphatic rings. The van der Waals surface area contributed by atoms with E-state index in [-0.39, 0.29) is 0 Å². The van der Waals surface area contributed by atoms with Crippen LogP contribution in [0.1, 0.15) is 57.1 Å². The van der Waals surface area contributed by atoms with E-state index in [9.17, 15) is 0 Å². The van der Waals surface area contributed by atoms with Crippen molar-refractivity contribution in [3.05, 3.63) is 35.4 Å². The predicted octanol–water partition coefficient (Wildman–Crippen LogP) is 4.02. The van der Waals surface area contributed by atoms with Crippen molar-refractivity contribution in [2.24, 2.45) is 5.92 Å². The van der Waals surface area contributed by atoms with Gasteiger partial charge in [-0.15, -0.1) is 0 Å². The highest BCUT2D eigenvalue weighted by Crippen LogP contribution is 2.27. The highest BCUT2D eigenvalue weighted by molar-refractivity contribution is 5.25. The topological polar surface area (TPSA) is 15.3 Å². The van der Waals surface area contributed by atoms with Gasteiger partial charge in [-0.25, -0.2) is 0 Å². The molecule has 1 fully saturated rings. The van der Waals surface area contributed by atoms with Gasteiger partial charge in [0.1, 0.15) is 0 Å². The van der Waals surface area contributed by atoms with E-state index in [0.717, 1.165) is 19.0 Å². The van der Waals surface area contributed by atoms with Crippen molar-refractivity contribution in [2.75, 3.05) is 20.1 Å². The molecular formula is C19H32N2. The van der Waals surface area contributed by atoms with E-state index in [1.807, 2.05) is 0 Å². The molecule has 1 atom stereocenters. The molecule has 0 aliphatic heterocycles. The lowest BCUT2D eigenvalue weighted by Crippen LogP contribution is -2.29. The van der Waals surface area contributed by atoms with Crippen LogP contribution < -0.4 is 5.32 Å². The van der Waals surface area contributed by atoms with Gasteiger partial charge in [0.2, 0.25) is 0 Å². The number of nitrogens with one attached hydrogen (secondary N) is 1. The molecule has 1 saturated carbocycles. The number of hydrogen-bond acceptors (Lipinski definition) is 2. The summed E-state index contributed by atoms with van der Waals surface area (Å²) in [5.74, 6) is 1.53. The molecule has 1 aromatic rings. The third-order valence-electron chi connectivity index (χ3n) is 4.63. The Bertz CT molecular complexity index is 406. The zero-order valence-corrected chi connectivity index (χ0v) is 14.2. The fourth-order valence-corrected chi connectivity index (χ4v) is 2.97. The van der Waals surface area contributed by atoms with Crippen molar-refractivity contribution in [3.63, 3.8) is 0 Å². The van der Waals surface area contributed by atoms with Crippen LogP contribution in [0, 0.1) is 5.92 Å². The zero-order valence-electron chi connectivity index (χ0n) is 14.2. The summed E-state index contributed by atoms with van der Waals surface area (Å²) in [7, 11) is 2.25. The molecule has 0 amide bonds. The Labute approximate surface area is 130 Å². The van der Waals surface area contributed by atoms with Crippen LogP contribution in [0.2, 0.25) is 0 Å². The summed E-state index contributed by atoms with van der Waals surface area (Å²) in [6.45, 7) is 10.1. The van der Waals surface area contributed by atoms with Crippen LogP contribution in [0.5, 0.6) is 0 Å². The third-order valence-corrected chi connectivity index (χ3v) is 4.63. The molecule has 1 aliphatic carbocycles. The SMILES string of the molecule is CC(C)NCC(C)c1ccc(CN(C)CC2CCC2)cc1. The Morgan fingerprint density at radius 2 is 1.81 bits per heavy atom. The molecule has 1 unspecified atom stereocenters. The fraction of sp³-hybridized carbons (Fsp3) is 0.684. The monoisotopic (exact) mass is 288 g/mol. The van der Waals surface area contributed by atoms with E-state index < -0.39 is 0 Å². The maximum Gasteiger partial charge on any atom is 0.0230 e. The average Bonchev–Trinajstić information content (AvgIpc) is 2.41. The van der Waals surface area contributed by atoms with E-state index in [1.54, 1.807) is 0 Å². The van der Waals surface area contributed by atoms with Crippen molar-refractivity contribution < 1.29 is 0 Å². The van der Waals surface area contributed by atoms with Gasteiger partial charge >= 0.3 is 0 Å². The minimum atomic E-state index is 0.562. The van der Waals surface area contributed by atoms with E-state index in [0.29, 0.717) is 12.0 Å². The van der Waals surface area contributed by atoms with E-state index in [1.165, 1.54) is 36.9 Å². The Morgan fingerprint density at radius 3 is 2.33 bits per heavy atom. The van der Waals surface area contributed by atoms with Crippen LogP contribution in [0.3, 0.4) is 0 Å². The van der Waals surface area contributed by atoms with Crippen LogP contribution in [-0.2, 0) is 6.54 Å². The molecule has 2 nitrogen and oxygen atoms in total. The summed E-state index contributed by atoms with van der Waals surface area (Å²) in [5, 5.41) is 3.52. The van der Waals surface area contributed by atoms with Crippen molar-refractivity contribution in [2.45, 2.75) is 58.5 Å². The molecule has 0 aromatic heterocycles. The molecule has 0 saturated heterocycles. The van der Waals surface area contributed by atoms with Crippen LogP contribution in [0.4, 0.5) is 0 Å². The second-order valence-corrected chi connectivity index (χ2v) is 7.20. The highest BCUT2D eigenvalue weighted by atomic mass is 15.1. The summed E-state index contributed by atoms with van der Waals surface area (Å²) >= 11 is 0. The predicted molar refractivity (Wildman–Crippen MR) is 91.7 cm³/mol. The van der Waals surface area contributed by atoms with Crippen molar-refractivity contribution >= 4 is 0 Å². The number of rotatable bonds is 8. The van der Waals surface area contributed by atoms with Crippen LogP contribution in [0.25, 0.3) is 0 Å². The van der Waals surface area contributed by atoms with Gasteiger partial charge in [0.25, 0.3) is 0 Å². The molecule has 1 N–H and O–H groups in total. The van der Waals surface area contributed by atoms with Gasteiger partial charge in [0.05, 0.1) is 0 Å². The van der Waals surface area contributed by atoms with Crippen LogP contribution >= 0.6 is 0 Å². The van der Waals surface area contributed by atoms with Gasteiger partial charge < -0.3 is 10.2 Å². The van der Waals surface area contributed by atoms with Gasteiger partial charge in [-0.1, -0.05) is 51.5 Å². The number of hydrogen-bond donors (Lipinski definition) is 1. The first-order valence-corrected chi connectivity index (χ1v) is 8.55. The largest absolute Gasteiger partial charge is 0.314 e. The summed E-state index contributed by atoms with van der Waals surface area (Å²) in [5.41, 5.74) is 2.87. The molecule has 21 heavy (non-hydrogen) atoms. The minimum Gasteiger partial charge on any atom is -0.314 e. The van der Waals surface area contributed by atoms with Gasteiger partial charge in [-0.3, -0.25) is 0 Å². The highest BCUT2D eigenvalue weighted by Gasteiger charge is 2.18. The average molecular weight is 288 g/mol. The Balaban J connectivity index is 1.80. The second-order valence-electron chi connectivity index (χ2n) is 7.20. The fourth-order valence-electron chi connectivity index (χ4n) is 2.97. The first-order chi connectivity index (χ1) is 10.0. The maximum atomic E-state index is 3.52. The lowest BCUT2D eigenvalue weighted by Gasteiger charge is -2.30. The zero-order chi connectivity index (χ0) is 15.2. The summed E-state index contributed by atoms with van der Waals surface area (Å²) in [4.78, 5) is 2.47. The first-order valence-electron chi connectivity index (χ1n) is 8.55.